The third kappa shape index (κ3) is 4.70. The molecule has 0 aromatic carbocycles. The number of carbonyl (C=O) groups excluding carboxylic acids is 4. The monoisotopic (exact) mass is 296 g/mol. The van der Waals surface area contributed by atoms with Crippen LogP contribution in [0.3, 0.4) is 0 Å². The Labute approximate surface area is 123 Å². The second-order valence-electron chi connectivity index (χ2n) is 5.75. The third-order valence-corrected chi connectivity index (χ3v) is 2.83. The first-order chi connectivity index (χ1) is 9.66. The van der Waals surface area contributed by atoms with E-state index in [-0.39, 0.29) is 12.5 Å². The molecule has 0 saturated heterocycles. The number of imide groups is 1. The van der Waals surface area contributed by atoms with E-state index >= 15 is 0 Å². The number of amides is 3. The van der Waals surface area contributed by atoms with Crippen LogP contribution in [0.25, 0.3) is 0 Å². The van der Waals surface area contributed by atoms with Crippen LogP contribution in [-0.4, -0.2) is 46.8 Å². The smallest absolute Gasteiger partial charge is 0.407 e. The summed E-state index contributed by atoms with van der Waals surface area (Å²) in [6.45, 7) is 6.80. The van der Waals surface area contributed by atoms with Crippen LogP contribution in [0.4, 0.5) is 4.79 Å². The Balaban J connectivity index is 2.71. The van der Waals surface area contributed by atoms with Crippen molar-refractivity contribution in [2.45, 2.75) is 51.8 Å². The molecule has 0 saturated carbocycles. The summed E-state index contributed by atoms with van der Waals surface area (Å²) in [6.07, 6.45) is 1.98. The Morgan fingerprint density at radius 2 is 1.86 bits per heavy atom. The molecule has 116 valence electrons. The molecular weight excluding hydrogens is 276 g/mol. The van der Waals surface area contributed by atoms with Gasteiger partial charge in [0.1, 0.15) is 6.29 Å². The van der Waals surface area contributed by atoms with Crippen molar-refractivity contribution in [1.29, 1.82) is 0 Å². The van der Waals surface area contributed by atoms with Gasteiger partial charge in [0.2, 0.25) is 0 Å². The van der Waals surface area contributed by atoms with Crippen LogP contribution in [-0.2, 0) is 19.1 Å². The fourth-order valence-electron chi connectivity index (χ4n) is 2.03. The molecule has 0 bridgehead atoms. The van der Waals surface area contributed by atoms with Gasteiger partial charge in [0, 0.05) is 17.7 Å². The van der Waals surface area contributed by atoms with E-state index in [1.807, 2.05) is 0 Å². The summed E-state index contributed by atoms with van der Waals surface area (Å²) in [7, 11) is 0. The SMILES string of the molecule is CC(C)OC(=O)NC(C)(C)CC(C=O)N1C(=O)C=CC1=O. The Hall–Kier alpha value is -2.18. The molecule has 1 atom stereocenters. The number of ether oxygens (including phenoxy) is 1. The van der Waals surface area contributed by atoms with Gasteiger partial charge in [0.15, 0.2) is 0 Å². The molecule has 1 rings (SSSR count). The van der Waals surface area contributed by atoms with Gasteiger partial charge in [-0.3, -0.25) is 14.5 Å². The van der Waals surface area contributed by atoms with Crippen LogP contribution < -0.4 is 5.32 Å². The normalized spacial score (nSPS) is 16.3. The fourth-order valence-corrected chi connectivity index (χ4v) is 2.03. The lowest BCUT2D eigenvalue weighted by atomic mass is 9.95. The summed E-state index contributed by atoms with van der Waals surface area (Å²) < 4.78 is 4.97. The summed E-state index contributed by atoms with van der Waals surface area (Å²) >= 11 is 0. The van der Waals surface area contributed by atoms with Crippen molar-refractivity contribution in [2.24, 2.45) is 0 Å². The van der Waals surface area contributed by atoms with Crippen LogP contribution in [0, 0.1) is 0 Å². The number of hydrogen-bond acceptors (Lipinski definition) is 5. The molecule has 1 unspecified atom stereocenters. The topological polar surface area (TPSA) is 92.8 Å². The van der Waals surface area contributed by atoms with Crippen LogP contribution in [0.15, 0.2) is 12.2 Å². The van der Waals surface area contributed by atoms with E-state index in [0.29, 0.717) is 6.29 Å². The molecule has 3 amide bonds. The lowest BCUT2D eigenvalue weighted by Crippen LogP contribution is -2.51. The molecule has 1 heterocycles. The first-order valence-corrected chi connectivity index (χ1v) is 6.65. The molecule has 1 aliphatic rings. The molecule has 7 nitrogen and oxygen atoms in total. The van der Waals surface area contributed by atoms with Gasteiger partial charge in [-0.05, 0) is 34.1 Å². The van der Waals surface area contributed by atoms with Crippen molar-refractivity contribution in [3.63, 3.8) is 0 Å². The van der Waals surface area contributed by atoms with Gasteiger partial charge in [-0.2, -0.15) is 0 Å². The zero-order chi connectivity index (χ0) is 16.2. The molecule has 1 aliphatic heterocycles. The molecular formula is C14H20N2O5. The molecule has 7 heteroatoms. The predicted octanol–water partition coefficient (Wildman–Crippen LogP) is 0.782. The quantitative estimate of drug-likeness (QED) is 0.577. The summed E-state index contributed by atoms with van der Waals surface area (Å²) in [5, 5.41) is 2.62. The average molecular weight is 296 g/mol. The Kier molecular flexibility index (Phi) is 5.23. The number of rotatable bonds is 6. The Bertz CT molecular complexity index is 464. The van der Waals surface area contributed by atoms with Gasteiger partial charge < -0.3 is 14.8 Å². The minimum absolute atomic E-state index is 0.100. The molecule has 1 N–H and O–H groups in total. The highest BCUT2D eigenvalue weighted by Crippen LogP contribution is 2.18. The molecule has 0 aromatic rings. The van der Waals surface area contributed by atoms with Crippen molar-refractivity contribution < 1.29 is 23.9 Å². The van der Waals surface area contributed by atoms with Crippen molar-refractivity contribution >= 4 is 24.2 Å². The largest absolute Gasteiger partial charge is 0.447 e. The number of alkyl carbamates (subject to hydrolysis) is 1. The lowest BCUT2D eigenvalue weighted by Gasteiger charge is -2.31. The zero-order valence-corrected chi connectivity index (χ0v) is 12.6. The second-order valence-corrected chi connectivity index (χ2v) is 5.75. The molecule has 0 aromatic heterocycles. The van der Waals surface area contributed by atoms with Gasteiger partial charge in [-0.1, -0.05) is 0 Å². The molecule has 21 heavy (non-hydrogen) atoms. The molecule has 0 radical (unpaired) electrons. The van der Waals surface area contributed by atoms with Gasteiger partial charge in [-0.25, -0.2) is 4.79 Å². The number of aldehydes is 1. The Morgan fingerprint density at radius 1 is 1.33 bits per heavy atom. The van der Waals surface area contributed by atoms with Crippen molar-refractivity contribution in [3.8, 4) is 0 Å². The van der Waals surface area contributed by atoms with Gasteiger partial charge >= 0.3 is 6.09 Å². The van der Waals surface area contributed by atoms with E-state index in [1.54, 1.807) is 27.7 Å². The van der Waals surface area contributed by atoms with Crippen LogP contribution in [0.1, 0.15) is 34.1 Å². The first kappa shape index (κ1) is 16.9. The van der Waals surface area contributed by atoms with Gasteiger partial charge in [-0.15, -0.1) is 0 Å². The maximum Gasteiger partial charge on any atom is 0.407 e. The van der Waals surface area contributed by atoms with Crippen molar-refractivity contribution in [2.75, 3.05) is 0 Å². The van der Waals surface area contributed by atoms with E-state index in [9.17, 15) is 19.2 Å². The molecule has 0 aliphatic carbocycles. The van der Waals surface area contributed by atoms with Crippen molar-refractivity contribution in [1.82, 2.24) is 10.2 Å². The number of nitrogens with zero attached hydrogens (tertiary/aromatic N) is 1. The van der Waals surface area contributed by atoms with E-state index in [4.69, 9.17) is 4.74 Å². The average Bonchev–Trinajstić information content (AvgIpc) is 2.64. The van der Waals surface area contributed by atoms with E-state index in [1.165, 1.54) is 0 Å². The number of hydrogen-bond donors (Lipinski definition) is 1. The third-order valence-electron chi connectivity index (χ3n) is 2.83. The number of nitrogens with one attached hydrogen (secondary N) is 1. The summed E-state index contributed by atoms with van der Waals surface area (Å²) in [6, 6.07) is -0.936. The van der Waals surface area contributed by atoms with Gasteiger partial charge in [0.25, 0.3) is 11.8 Å². The Morgan fingerprint density at radius 3 is 2.29 bits per heavy atom. The summed E-state index contributed by atoms with van der Waals surface area (Å²) in [4.78, 5) is 46.9. The lowest BCUT2D eigenvalue weighted by molar-refractivity contribution is -0.142. The first-order valence-electron chi connectivity index (χ1n) is 6.65. The highest BCUT2D eigenvalue weighted by Gasteiger charge is 2.35. The minimum Gasteiger partial charge on any atom is -0.447 e. The maximum atomic E-state index is 11.6. The van der Waals surface area contributed by atoms with Crippen molar-refractivity contribution in [3.05, 3.63) is 12.2 Å². The summed E-state index contributed by atoms with van der Waals surface area (Å²) in [5.74, 6) is -1.06. The highest BCUT2D eigenvalue weighted by atomic mass is 16.6. The van der Waals surface area contributed by atoms with E-state index in [0.717, 1.165) is 17.1 Å². The minimum atomic E-state index is -0.936. The van der Waals surface area contributed by atoms with E-state index in [2.05, 4.69) is 5.32 Å². The fraction of sp³-hybridized carbons (Fsp3) is 0.571. The standard InChI is InChI=1S/C14H20N2O5/c1-9(2)21-13(20)15-14(3,4)7-10(8-17)16-11(18)5-6-12(16)19/h5-6,8-10H,7H2,1-4H3,(H,15,20). The molecule has 0 fully saturated rings. The van der Waals surface area contributed by atoms with Crippen LogP contribution in [0.5, 0.6) is 0 Å². The zero-order valence-electron chi connectivity index (χ0n) is 12.6. The maximum absolute atomic E-state index is 11.6. The van der Waals surface area contributed by atoms with E-state index < -0.39 is 29.5 Å². The summed E-state index contributed by atoms with van der Waals surface area (Å²) in [5.41, 5.74) is -0.819. The number of carbonyl (C=O) groups is 4. The predicted molar refractivity (Wildman–Crippen MR) is 74.3 cm³/mol. The van der Waals surface area contributed by atoms with Gasteiger partial charge in [0.05, 0.1) is 12.1 Å². The van der Waals surface area contributed by atoms with Crippen LogP contribution in [0.2, 0.25) is 0 Å². The highest BCUT2D eigenvalue weighted by molar-refractivity contribution is 6.14. The second kappa shape index (κ2) is 6.51. The van der Waals surface area contributed by atoms with Crippen LogP contribution >= 0.6 is 0 Å². The molecule has 0 spiro atoms.